The topological polar surface area (TPSA) is 78.9 Å². The molecule has 0 amide bonds. The summed E-state index contributed by atoms with van der Waals surface area (Å²) >= 11 is 0. The monoisotopic (exact) mass is 1010 g/mol. The van der Waals surface area contributed by atoms with Gasteiger partial charge in [0.2, 0.25) is 0 Å². The molecule has 0 spiro atoms. The molecule has 0 rings (SSSR count). The van der Waals surface area contributed by atoms with Crippen LogP contribution in [0.1, 0.15) is 290 Å². The summed E-state index contributed by atoms with van der Waals surface area (Å²) in [6.07, 6.45) is 81.3. The van der Waals surface area contributed by atoms with Crippen LogP contribution in [0.4, 0.5) is 0 Å². The molecule has 0 radical (unpaired) electrons. The molecule has 0 aromatic heterocycles. The van der Waals surface area contributed by atoms with Crippen LogP contribution in [0.3, 0.4) is 0 Å². The van der Waals surface area contributed by atoms with E-state index in [-0.39, 0.29) is 37.5 Å². The van der Waals surface area contributed by atoms with E-state index in [4.69, 9.17) is 14.2 Å². The fraction of sp³-hybridized carbons (Fsp3) is 0.716. The summed E-state index contributed by atoms with van der Waals surface area (Å²) in [4.78, 5) is 38.2. The number of carbonyl (C=O) groups is 3. The number of ether oxygens (including phenoxy) is 3. The van der Waals surface area contributed by atoms with Gasteiger partial charge in [-0.25, -0.2) is 0 Å². The fourth-order valence-electron chi connectivity index (χ4n) is 8.52. The van der Waals surface area contributed by atoms with Gasteiger partial charge >= 0.3 is 17.9 Å². The van der Waals surface area contributed by atoms with Crippen LogP contribution in [0, 0.1) is 0 Å². The second-order valence-corrected chi connectivity index (χ2v) is 20.3. The molecule has 0 saturated heterocycles. The summed E-state index contributed by atoms with van der Waals surface area (Å²) in [5, 5.41) is 0. The molecule has 6 nitrogen and oxygen atoms in total. The number of allylic oxidation sites excluding steroid dienone is 16. The lowest BCUT2D eigenvalue weighted by molar-refractivity contribution is -0.166. The van der Waals surface area contributed by atoms with Gasteiger partial charge in [-0.2, -0.15) is 0 Å². The Bertz CT molecular complexity index is 1440. The first-order chi connectivity index (χ1) is 36.0. The zero-order valence-electron chi connectivity index (χ0n) is 47.9. The van der Waals surface area contributed by atoms with Crippen molar-refractivity contribution in [3.05, 3.63) is 97.2 Å². The third-order valence-electron chi connectivity index (χ3n) is 13.1. The van der Waals surface area contributed by atoms with E-state index in [1.165, 1.54) is 148 Å². The molecule has 6 heteroatoms. The normalized spacial score (nSPS) is 12.8. The molecule has 418 valence electrons. The van der Waals surface area contributed by atoms with Crippen LogP contribution in [-0.2, 0) is 28.6 Å². The average Bonchev–Trinajstić information content (AvgIpc) is 3.39. The Morgan fingerprint density at radius 2 is 0.603 bits per heavy atom. The van der Waals surface area contributed by atoms with Gasteiger partial charge in [-0.15, -0.1) is 0 Å². The molecule has 0 aliphatic carbocycles. The minimum Gasteiger partial charge on any atom is -0.462 e. The molecule has 0 aliphatic heterocycles. The number of unbranched alkanes of at least 4 members (excludes halogenated alkanes) is 29. The van der Waals surface area contributed by atoms with E-state index in [0.717, 1.165) is 96.3 Å². The van der Waals surface area contributed by atoms with Crippen LogP contribution in [0.25, 0.3) is 0 Å². The average molecular weight is 1020 g/mol. The first-order valence-corrected chi connectivity index (χ1v) is 30.8. The van der Waals surface area contributed by atoms with Crippen LogP contribution < -0.4 is 0 Å². The van der Waals surface area contributed by atoms with Crippen LogP contribution >= 0.6 is 0 Å². The lowest BCUT2D eigenvalue weighted by Gasteiger charge is -2.18. The van der Waals surface area contributed by atoms with Crippen LogP contribution in [0.15, 0.2) is 97.2 Å². The molecule has 0 aromatic rings. The van der Waals surface area contributed by atoms with Crippen molar-refractivity contribution in [2.24, 2.45) is 0 Å². The highest BCUT2D eigenvalue weighted by Crippen LogP contribution is 2.16. The highest BCUT2D eigenvalue weighted by molar-refractivity contribution is 5.71. The molecule has 0 aromatic carbocycles. The Balaban J connectivity index is 4.50. The molecule has 0 aliphatic rings. The van der Waals surface area contributed by atoms with Crippen molar-refractivity contribution >= 4 is 17.9 Å². The molecular formula is C67H114O6. The zero-order valence-corrected chi connectivity index (χ0v) is 47.9. The Morgan fingerprint density at radius 3 is 0.973 bits per heavy atom. The number of rotatable bonds is 55. The number of hydrogen-bond acceptors (Lipinski definition) is 6. The maximum atomic E-state index is 12.9. The maximum Gasteiger partial charge on any atom is 0.306 e. The summed E-state index contributed by atoms with van der Waals surface area (Å²) in [5.41, 5.74) is 0. The van der Waals surface area contributed by atoms with Crippen molar-refractivity contribution < 1.29 is 28.6 Å². The largest absolute Gasteiger partial charge is 0.462 e. The highest BCUT2D eigenvalue weighted by atomic mass is 16.6. The second-order valence-electron chi connectivity index (χ2n) is 20.3. The van der Waals surface area contributed by atoms with Crippen LogP contribution in [0.2, 0.25) is 0 Å². The van der Waals surface area contributed by atoms with Crippen molar-refractivity contribution in [3.8, 4) is 0 Å². The van der Waals surface area contributed by atoms with E-state index in [1.807, 2.05) is 6.08 Å². The molecule has 0 saturated carbocycles. The summed E-state index contributed by atoms with van der Waals surface area (Å²) < 4.78 is 16.8. The molecular weight excluding hydrogens is 901 g/mol. The minimum absolute atomic E-state index is 0.105. The Morgan fingerprint density at radius 1 is 0.301 bits per heavy atom. The van der Waals surface area contributed by atoms with Gasteiger partial charge in [-0.05, 0) is 83.5 Å². The highest BCUT2D eigenvalue weighted by Gasteiger charge is 2.19. The Labute approximate surface area is 451 Å². The minimum atomic E-state index is -0.817. The first-order valence-electron chi connectivity index (χ1n) is 30.8. The van der Waals surface area contributed by atoms with Crippen molar-refractivity contribution in [2.75, 3.05) is 13.2 Å². The van der Waals surface area contributed by atoms with Gasteiger partial charge in [-0.3, -0.25) is 14.4 Å². The summed E-state index contributed by atoms with van der Waals surface area (Å²) in [6.45, 7) is 6.47. The predicted molar refractivity (Wildman–Crippen MR) is 316 cm³/mol. The molecule has 1 unspecified atom stereocenters. The molecule has 0 bridgehead atoms. The molecule has 1 atom stereocenters. The molecule has 73 heavy (non-hydrogen) atoms. The zero-order chi connectivity index (χ0) is 52.9. The van der Waals surface area contributed by atoms with E-state index in [9.17, 15) is 14.4 Å². The number of hydrogen-bond donors (Lipinski definition) is 0. The Kier molecular flexibility index (Phi) is 57.8. The summed E-state index contributed by atoms with van der Waals surface area (Å²) in [7, 11) is 0. The van der Waals surface area contributed by atoms with E-state index in [1.54, 1.807) is 0 Å². The standard InChI is InChI=1S/C67H114O6/c1-4-7-10-13-16-19-22-25-28-31-34-37-39-42-45-48-51-54-57-60-66(69)72-63-64(73-67(70)61-58-55-52-49-46-43-40-36-33-30-27-24-21-18-15-12-9-6-3)62-71-65(68)59-56-53-50-47-44-41-38-35-32-29-26-23-20-17-14-11-8-5-2/h7,10,16,19,25,28,30,33-34,36-37,40,42,45,51,54,64H,4-6,8-9,11-15,17-18,20-24,26-27,29,31-32,35,38-39,41,43-44,46-50,52-53,55-63H2,1-3H3/b10-7-,19-16-,28-25-,33-30-,37-34-,40-36-,45-42-,54-51-. The van der Waals surface area contributed by atoms with Crippen molar-refractivity contribution in [2.45, 2.75) is 297 Å². The third-order valence-corrected chi connectivity index (χ3v) is 13.1. The van der Waals surface area contributed by atoms with Gasteiger partial charge < -0.3 is 14.2 Å². The predicted octanol–water partition coefficient (Wildman–Crippen LogP) is 20.9. The summed E-state index contributed by atoms with van der Waals surface area (Å²) in [5.74, 6) is -0.999. The van der Waals surface area contributed by atoms with Crippen LogP contribution in [-0.4, -0.2) is 37.2 Å². The quantitative estimate of drug-likeness (QED) is 0.0199. The fourth-order valence-corrected chi connectivity index (χ4v) is 8.52. The van der Waals surface area contributed by atoms with E-state index >= 15 is 0 Å². The maximum absolute atomic E-state index is 12.9. The summed E-state index contributed by atoms with van der Waals surface area (Å²) in [6, 6.07) is 0. The third kappa shape index (κ3) is 59.1. The first kappa shape index (κ1) is 69.3. The molecule has 0 N–H and O–H groups in total. The van der Waals surface area contributed by atoms with Crippen LogP contribution in [0.5, 0.6) is 0 Å². The lowest BCUT2D eigenvalue weighted by Crippen LogP contribution is -2.30. The second kappa shape index (κ2) is 60.9. The van der Waals surface area contributed by atoms with Gasteiger partial charge in [0.25, 0.3) is 0 Å². The van der Waals surface area contributed by atoms with Gasteiger partial charge in [0, 0.05) is 19.3 Å². The number of esters is 3. The smallest absolute Gasteiger partial charge is 0.306 e. The van der Waals surface area contributed by atoms with E-state index in [2.05, 4.69) is 112 Å². The number of carbonyl (C=O) groups excluding carboxylic acids is 3. The van der Waals surface area contributed by atoms with Gasteiger partial charge in [0.05, 0.1) is 0 Å². The van der Waals surface area contributed by atoms with Gasteiger partial charge in [0.15, 0.2) is 6.10 Å². The van der Waals surface area contributed by atoms with Crippen molar-refractivity contribution in [3.63, 3.8) is 0 Å². The van der Waals surface area contributed by atoms with Gasteiger partial charge in [-0.1, -0.05) is 285 Å². The van der Waals surface area contributed by atoms with Gasteiger partial charge in [0.1, 0.15) is 13.2 Å². The lowest BCUT2D eigenvalue weighted by atomic mass is 10.0. The van der Waals surface area contributed by atoms with Crippen molar-refractivity contribution in [1.29, 1.82) is 0 Å². The van der Waals surface area contributed by atoms with E-state index < -0.39 is 6.10 Å². The SMILES string of the molecule is CC/C=C\C/C=C\C/C=C\C/C=C\C/C=C\C/C=C\CCC(=O)OCC(COC(=O)CCCCCCCCCCCCCCCCCCCC)OC(=O)CCCCCCC/C=C\C=C/CCCCCCCCC. The molecule has 0 fully saturated rings. The van der Waals surface area contributed by atoms with Crippen molar-refractivity contribution in [1.82, 2.24) is 0 Å². The molecule has 0 heterocycles. The van der Waals surface area contributed by atoms with E-state index in [0.29, 0.717) is 19.3 Å². The Hall–Kier alpha value is -3.67.